The first kappa shape index (κ1) is 14.4. The lowest BCUT2D eigenvalue weighted by molar-refractivity contribution is -0.141. The highest BCUT2D eigenvalue weighted by Crippen LogP contribution is 2.24. The van der Waals surface area contributed by atoms with Crippen LogP contribution in [0.4, 0.5) is 0 Å². The molecule has 0 aromatic carbocycles. The second kappa shape index (κ2) is 4.82. The highest BCUT2D eigenvalue weighted by molar-refractivity contribution is 7.86. The molecule has 2 aliphatic rings. The van der Waals surface area contributed by atoms with Crippen molar-refractivity contribution < 1.29 is 22.7 Å². The molecule has 8 nitrogen and oxygen atoms in total. The first-order valence-corrected chi connectivity index (χ1v) is 7.36. The number of ether oxygens (including phenoxy) is 1. The Morgan fingerprint density at radius 3 is 2.37 bits per heavy atom. The molecule has 0 saturated carbocycles. The fourth-order valence-electron chi connectivity index (χ4n) is 2.05. The molecule has 0 atom stereocenters. The minimum absolute atomic E-state index is 0.227. The Hall–Kier alpha value is -1.03. The molecule has 0 bridgehead atoms. The molecule has 2 heterocycles. The predicted molar refractivity (Wildman–Crippen MR) is 65.2 cm³/mol. The third-order valence-corrected chi connectivity index (χ3v) is 5.45. The van der Waals surface area contributed by atoms with E-state index in [0.29, 0.717) is 13.2 Å². The van der Waals surface area contributed by atoms with Gasteiger partial charge >= 0.3 is 0 Å². The van der Waals surface area contributed by atoms with Crippen LogP contribution in [0, 0.1) is 0 Å². The lowest BCUT2D eigenvalue weighted by Crippen LogP contribution is -2.67. The maximum atomic E-state index is 12.5. The number of hydrogen-bond acceptors (Lipinski definition) is 5. The van der Waals surface area contributed by atoms with Crippen LogP contribution in [-0.2, 0) is 24.5 Å². The van der Waals surface area contributed by atoms with Crippen molar-refractivity contribution in [3.8, 4) is 0 Å². The fourth-order valence-corrected chi connectivity index (χ4v) is 3.88. The first-order chi connectivity index (χ1) is 8.76. The topological polar surface area (TPSA) is 96.0 Å². The molecule has 2 saturated heterocycles. The number of imide groups is 1. The van der Waals surface area contributed by atoms with Gasteiger partial charge in [0.15, 0.2) is 0 Å². The second-order valence-electron chi connectivity index (χ2n) is 4.96. The maximum absolute atomic E-state index is 12.5. The van der Waals surface area contributed by atoms with Crippen molar-refractivity contribution in [3.63, 3.8) is 0 Å². The zero-order valence-corrected chi connectivity index (χ0v) is 11.7. The lowest BCUT2D eigenvalue weighted by Gasteiger charge is -2.41. The van der Waals surface area contributed by atoms with Gasteiger partial charge in [-0.2, -0.15) is 17.0 Å². The van der Waals surface area contributed by atoms with Gasteiger partial charge in [0.2, 0.25) is 11.8 Å². The Bertz CT molecular complexity index is 495. The third-order valence-electron chi connectivity index (χ3n) is 3.29. The van der Waals surface area contributed by atoms with E-state index in [2.05, 4.69) is 5.32 Å². The molecular weight excluding hydrogens is 274 g/mol. The van der Waals surface area contributed by atoms with Crippen molar-refractivity contribution >= 4 is 22.0 Å². The summed E-state index contributed by atoms with van der Waals surface area (Å²) in [4.78, 5) is 23.2. The number of carbonyl (C=O) groups excluding carboxylic acids is 2. The van der Waals surface area contributed by atoms with E-state index in [1.807, 2.05) is 0 Å². The van der Waals surface area contributed by atoms with Gasteiger partial charge in [0.1, 0.15) is 5.54 Å². The molecule has 108 valence electrons. The van der Waals surface area contributed by atoms with E-state index in [9.17, 15) is 18.0 Å². The van der Waals surface area contributed by atoms with Gasteiger partial charge in [0, 0.05) is 13.1 Å². The van der Waals surface area contributed by atoms with Crippen molar-refractivity contribution in [2.75, 3.05) is 32.8 Å². The summed E-state index contributed by atoms with van der Waals surface area (Å²) >= 11 is 0. The molecular formula is C10H17N3O5S. The van der Waals surface area contributed by atoms with Gasteiger partial charge in [-0.1, -0.05) is 0 Å². The van der Waals surface area contributed by atoms with Crippen LogP contribution in [0.15, 0.2) is 0 Å². The molecule has 0 aromatic heterocycles. The average Bonchev–Trinajstić information content (AvgIpc) is 2.35. The smallest absolute Gasteiger partial charge is 0.283 e. The van der Waals surface area contributed by atoms with E-state index in [1.54, 1.807) is 0 Å². The lowest BCUT2D eigenvalue weighted by atomic mass is 10.0. The summed E-state index contributed by atoms with van der Waals surface area (Å²) < 4.78 is 32.3. The van der Waals surface area contributed by atoms with Crippen LogP contribution >= 0.6 is 0 Å². The Kier molecular flexibility index (Phi) is 3.65. The number of hydrogen-bond donors (Lipinski definition) is 1. The molecule has 9 heteroatoms. The number of nitrogens with zero attached hydrogens (tertiary/aromatic N) is 2. The fraction of sp³-hybridized carbons (Fsp3) is 0.800. The molecule has 2 amide bonds. The molecule has 1 N–H and O–H groups in total. The number of carbonyl (C=O) groups is 2. The van der Waals surface area contributed by atoms with Crippen LogP contribution in [0.25, 0.3) is 0 Å². The summed E-state index contributed by atoms with van der Waals surface area (Å²) in [6.07, 6.45) is 0. The van der Waals surface area contributed by atoms with Gasteiger partial charge in [-0.15, -0.1) is 0 Å². The van der Waals surface area contributed by atoms with Gasteiger partial charge in [-0.05, 0) is 13.8 Å². The number of nitrogens with one attached hydrogen (secondary N) is 1. The third kappa shape index (κ3) is 2.50. The Labute approximate surface area is 111 Å². The van der Waals surface area contributed by atoms with Gasteiger partial charge in [-0.25, -0.2) is 0 Å². The van der Waals surface area contributed by atoms with Crippen LogP contribution in [0.3, 0.4) is 0 Å². The van der Waals surface area contributed by atoms with Crippen LogP contribution < -0.4 is 5.32 Å². The standard InChI is InChI=1S/C10H17N3O5S/c1-10(2)9(15)11-8(14)7-13(10)19(16,17)12-3-5-18-6-4-12/h3-7H2,1-2H3,(H,11,14,15). The Morgan fingerprint density at radius 1 is 1.21 bits per heavy atom. The zero-order chi connectivity index (χ0) is 14.3. The van der Waals surface area contributed by atoms with Crippen molar-refractivity contribution in [1.82, 2.24) is 13.9 Å². The number of amides is 2. The zero-order valence-electron chi connectivity index (χ0n) is 10.9. The minimum atomic E-state index is -3.85. The van der Waals surface area contributed by atoms with Gasteiger partial charge in [0.05, 0.1) is 19.8 Å². The predicted octanol–water partition coefficient (Wildman–Crippen LogP) is -1.70. The maximum Gasteiger partial charge on any atom is 0.283 e. The van der Waals surface area contributed by atoms with Crippen LogP contribution in [0.1, 0.15) is 13.8 Å². The van der Waals surface area contributed by atoms with E-state index in [0.717, 1.165) is 4.31 Å². The van der Waals surface area contributed by atoms with E-state index in [4.69, 9.17) is 4.74 Å². The summed E-state index contributed by atoms with van der Waals surface area (Å²) in [5.74, 6) is -1.22. The molecule has 0 radical (unpaired) electrons. The van der Waals surface area contributed by atoms with E-state index in [-0.39, 0.29) is 19.6 Å². The summed E-state index contributed by atoms with van der Waals surface area (Å²) in [6.45, 7) is 3.69. The van der Waals surface area contributed by atoms with Gasteiger partial charge in [-0.3, -0.25) is 14.9 Å². The Morgan fingerprint density at radius 2 is 1.79 bits per heavy atom. The number of morpholine rings is 1. The average molecular weight is 291 g/mol. The molecule has 2 aliphatic heterocycles. The molecule has 2 rings (SSSR count). The minimum Gasteiger partial charge on any atom is -0.379 e. The van der Waals surface area contributed by atoms with Crippen LogP contribution in [0.2, 0.25) is 0 Å². The quantitative estimate of drug-likeness (QED) is 0.612. The van der Waals surface area contributed by atoms with Crippen molar-refractivity contribution in [2.24, 2.45) is 0 Å². The molecule has 19 heavy (non-hydrogen) atoms. The second-order valence-corrected chi connectivity index (χ2v) is 6.81. The molecule has 0 aliphatic carbocycles. The SMILES string of the molecule is CC1(C)C(=O)NC(=O)CN1S(=O)(=O)N1CCOCC1. The van der Waals surface area contributed by atoms with E-state index < -0.39 is 27.6 Å². The summed E-state index contributed by atoms with van der Waals surface area (Å²) in [6, 6.07) is 0. The normalized spacial score (nSPS) is 26.2. The highest BCUT2D eigenvalue weighted by Gasteiger charge is 2.49. The van der Waals surface area contributed by atoms with E-state index in [1.165, 1.54) is 18.2 Å². The van der Waals surface area contributed by atoms with Crippen LogP contribution in [-0.4, -0.2) is 67.2 Å². The Balaban J connectivity index is 2.31. The van der Waals surface area contributed by atoms with Crippen molar-refractivity contribution in [3.05, 3.63) is 0 Å². The van der Waals surface area contributed by atoms with Crippen molar-refractivity contribution in [2.45, 2.75) is 19.4 Å². The first-order valence-electron chi connectivity index (χ1n) is 5.96. The molecule has 0 unspecified atom stereocenters. The summed E-state index contributed by atoms with van der Waals surface area (Å²) in [5, 5.41) is 2.15. The molecule has 0 aromatic rings. The highest BCUT2D eigenvalue weighted by atomic mass is 32.2. The van der Waals surface area contributed by atoms with E-state index >= 15 is 0 Å². The van der Waals surface area contributed by atoms with Crippen molar-refractivity contribution in [1.29, 1.82) is 0 Å². The monoisotopic (exact) mass is 291 g/mol. The number of piperazine rings is 1. The molecule has 2 fully saturated rings. The van der Waals surface area contributed by atoms with Gasteiger partial charge in [0.25, 0.3) is 10.2 Å². The number of rotatable bonds is 2. The van der Waals surface area contributed by atoms with Gasteiger partial charge < -0.3 is 4.74 Å². The summed E-state index contributed by atoms with van der Waals surface area (Å²) in [7, 11) is -3.85. The largest absolute Gasteiger partial charge is 0.379 e. The van der Waals surface area contributed by atoms with Crippen LogP contribution in [0.5, 0.6) is 0 Å². The summed E-state index contributed by atoms with van der Waals surface area (Å²) in [5.41, 5.74) is -1.29. The molecule has 0 spiro atoms.